The van der Waals surface area contributed by atoms with Crippen LogP contribution in [-0.2, 0) is 4.79 Å². The number of para-hydroxylation sites is 1. The Labute approximate surface area is 201 Å². The molecule has 3 aromatic rings. The van der Waals surface area contributed by atoms with Gasteiger partial charge in [-0.3, -0.25) is 19.3 Å². The first-order chi connectivity index (χ1) is 16.0. The number of carbonyl (C=O) groups is 3. The van der Waals surface area contributed by atoms with Crippen molar-refractivity contribution in [2.75, 3.05) is 43.4 Å². The van der Waals surface area contributed by atoms with Crippen molar-refractivity contribution in [2.24, 2.45) is 0 Å². The zero-order chi connectivity index (χ0) is 23.2. The van der Waals surface area contributed by atoms with Crippen LogP contribution in [0.1, 0.15) is 20.0 Å². The number of carbonyl (C=O) groups excluding carboxylic acids is 3. The maximum atomic E-state index is 13.0. The molecule has 0 radical (unpaired) electrons. The van der Waals surface area contributed by atoms with Crippen LogP contribution in [0.4, 0.5) is 11.4 Å². The molecule has 1 aliphatic heterocycles. The minimum absolute atomic E-state index is 0.0950. The van der Waals surface area contributed by atoms with E-state index >= 15 is 0 Å². The molecule has 7 nitrogen and oxygen atoms in total. The lowest BCUT2D eigenvalue weighted by Gasteiger charge is -2.34. The Morgan fingerprint density at radius 2 is 1.70 bits per heavy atom. The van der Waals surface area contributed by atoms with E-state index in [0.29, 0.717) is 53.0 Å². The highest BCUT2D eigenvalue weighted by Crippen LogP contribution is 2.20. The van der Waals surface area contributed by atoms with Gasteiger partial charge in [-0.05, 0) is 41.8 Å². The molecule has 1 aromatic heterocycles. The molecular formula is C24H23ClN4O3S. The van der Waals surface area contributed by atoms with E-state index in [-0.39, 0.29) is 24.3 Å². The van der Waals surface area contributed by atoms with Gasteiger partial charge in [-0.25, -0.2) is 0 Å². The molecule has 0 unspecified atom stereocenters. The number of nitrogens with zero attached hydrogens (tertiary/aromatic N) is 2. The Balaban J connectivity index is 1.29. The molecular weight excluding hydrogens is 460 g/mol. The molecule has 2 heterocycles. The third-order valence-corrected chi connectivity index (χ3v) is 6.49. The lowest BCUT2D eigenvalue weighted by atomic mass is 10.1. The van der Waals surface area contributed by atoms with Crippen LogP contribution < -0.4 is 10.6 Å². The fourth-order valence-electron chi connectivity index (χ4n) is 3.58. The van der Waals surface area contributed by atoms with Crippen molar-refractivity contribution < 1.29 is 14.4 Å². The summed E-state index contributed by atoms with van der Waals surface area (Å²) in [4.78, 5) is 42.0. The van der Waals surface area contributed by atoms with Crippen LogP contribution in [0, 0.1) is 0 Å². The summed E-state index contributed by atoms with van der Waals surface area (Å²) < 4.78 is 0. The SMILES string of the molecule is O=C(CN1CCN(C(=O)c2cccc(NC(=O)c3cccs3)c2)CC1)Nc1ccccc1Cl. The molecule has 0 bridgehead atoms. The van der Waals surface area contributed by atoms with Gasteiger partial charge in [0.2, 0.25) is 5.91 Å². The van der Waals surface area contributed by atoms with E-state index in [9.17, 15) is 14.4 Å². The van der Waals surface area contributed by atoms with E-state index in [0.717, 1.165) is 0 Å². The van der Waals surface area contributed by atoms with Crippen molar-refractivity contribution in [3.63, 3.8) is 0 Å². The monoisotopic (exact) mass is 482 g/mol. The van der Waals surface area contributed by atoms with Crippen LogP contribution in [0.15, 0.2) is 66.0 Å². The standard InChI is InChI=1S/C24H23ClN4O3S/c25-19-7-1-2-8-20(19)27-22(30)16-28-10-12-29(13-11-28)24(32)17-5-3-6-18(15-17)26-23(31)21-9-4-14-33-21/h1-9,14-15H,10-13,16H2,(H,26,31)(H,27,30). The summed E-state index contributed by atoms with van der Waals surface area (Å²) in [5.41, 5.74) is 1.68. The number of hydrogen-bond acceptors (Lipinski definition) is 5. The van der Waals surface area contributed by atoms with Crippen molar-refractivity contribution in [1.29, 1.82) is 0 Å². The molecule has 0 spiro atoms. The molecule has 0 atom stereocenters. The summed E-state index contributed by atoms with van der Waals surface area (Å²) in [5, 5.41) is 7.99. The van der Waals surface area contributed by atoms with Gasteiger partial charge in [0.25, 0.3) is 11.8 Å². The second-order valence-electron chi connectivity index (χ2n) is 7.61. The minimum Gasteiger partial charge on any atom is -0.336 e. The summed E-state index contributed by atoms with van der Waals surface area (Å²) in [6.07, 6.45) is 0. The molecule has 1 fully saturated rings. The lowest BCUT2D eigenvalue weighted by molar-refractivity contribution is -0.117. The number of benzene rings is 2. The van der Waals surface area contributed by atoms with Gasteiger partial charge in [0.1, 0.15) is 0 Å². The van der Waals surface area contributed by atoms with Gasteiger partial charge in [0.05, 0.1) is 22.1 Å². The average molecular weight is 483 g/mol. The first-order valence-electron chi connectivity index (χ1n) is 10.5. The summed E-state index contributed by atoms with van der Waals surface area (Å²) in [6.45, 7) is 2.46. The molecule has 0 saturated carbocycles. The smallest absolute Gasteiger partial charge is 0.265 e. The van der Waals surface area contributed by atoms with E-state index in [4.69, 9.17) is 11.6 Å². The van der Waals surface area contributed by atoms with Crippen LogP contribution in [-0.4, -0.2) is 60.2 Å². The van der Waals surface area contributed by atoms with Crippen LogP contribution in [0.25, 0.3) is 0 Å². The second kappa shape index (κ2) is 10.6. The predicted molar refractivity (Wildman–Crippen MR) is 131 cm³/mol. The van der Waals surface area contributed by atoms with Gasteiger partial charge in [-0.2, -0.15) is 0 Å². The van der Waals surface area contributed by atoms with Crippen molar-refractivity contribution in [3.05, 3.63) is 81.5 Å². The highest BCUT2D eigenvalue weighted by Gasteiger charge is 2.24. The topological polar surface area (TPSA) is 81.8 Å². The van der Waals surface area contributed by atoms with Gasteiger partial charge >= 0.3 is 0 Å². The highest BCUT2D eigenvalue weighted by atomic mass is 35.5. The number of amides is 3. The second-order valence-corrected chi connectivity index (χ2v) is 8.96. The van der Waals surface area contributed by atoms with Crippen LogP contribution in [0.3, 0.4) is 0 Å². The van der Waals surface area contributed by atoms with Crippen LogP contribution in [0.5, 0.6) is 0 Å². The predicted octanol–water partition coefficient (Wildman–Crippen LogP) is 4.05. The highest BCUT2D eigenvalue weighted by molar-refractivity contribution is 7.12. The Morgan fingerprint density at radius 1 is 0.909 bits per heavy atom. The Kier molecular flexibility index (Phi) is 7.39. The largest absolute Gasteiger partial charge is 0.336 e. The van der Waals surface area contributed by atoms with E-state index < -0.39 is 0 Å². The zero-order valence-corrected chi connectivity index (χ0v) is 19.4. The van der Waals surface area contributed by atoms with Gasteiger partial charge in [-0.15, -0.1) is 11.3 Å². The first-order valence-corrected chi connectivity index (χ1v) is 11.8. The van der Waals surface area contributed by atoms with E-state index in [1.54, 1.807) is 47.4 Å². The zero-order valence-electron chi connectivity index (χ0n) is 17.8. The molecule has 9 heteroatoms. The normalized spacial score (nSPS) is 14.0. The summed E-state index contributed by atoms with van der Waals surface area (Å²) in [5.74, 6) is -0.433. The van der Waals surface area contributed by atoms with Gasteiger partial charge in [-0.1, -0.05) is 35.9 Å². The fourth-order valence-corrected chi connectivity index (χ4v) is 4.38. The molecule has 170 valence electrons. The number of nitrogens with one attached hydrogen (secondary N) is 2. The quantitative estimate of drug-likeness (QED) is 0.555. The fraction of sp³-hybridized carbons (Fsp3) is 0.208. The average Bonchev–Trinajstić information content (AvgIpc) is 3.36. The molecule has 2 N–H and O–H groups in total. The Hall–Kier alpha value is -3.20. The number of thiophene rings is 1. The molecule has 2 aromatic carbocycles. The number of piperazine rings is 1. The van der Waals surface area contributed by atoms with Gasteiger partial charge < -0.3 is 15.5 Å². The maximum Gasteiger partial charge on any atom is 0.265 e. The Morgan fingerprint density at radius 3 is 2.42 bits per heavy atom. The number of rotatable bonds is 6. The molecule has 1 saturated heterocycles. The molecule has 4 rings (SSSR count). The van der Waals surface area contributed by atoms with E-state index in [1.807, 2.05) is 28.5 Å². The summed E-state index contributed by atoms with van der Waals surface area (Å²) in [6, 6.07) is 17.6. The van der Waals surface area contributed by atoms with Crippen molar-refractivity contribution in [3.8, 4) is 0 Å². The minimum atomic E-state index is -0.196. The van der Waals surface area contributed by atoms with Crippen LogP contribution in [0.2, 0.25) is 5.02 Å². The van der Waals surface area contributed by atoms with E-state index in [1.165, 1.54) is 11.3 Å². The maximum absolute atomic E-state index is 13.0. The number of halogens is 1. The molecule has 3 amide bonds. The molecule has 33 heavy (non-hydrogen) atoms. The number of hydrogen-bond donors (Lipinski definition) is 2. The van der Waals surface area contributed by atoms with Gasteiger partial charge in [0.15, 0.2) is 0 Å². The van der Waals surface area contributed by atoms with Crippen molar-refractivity contribution in [2.45, 2.75) is 0 Å². The molecule has 0 aliphatic carbocycles. The van der Waals surface area contributed by atoms with Crippen LogP contribution >= 0.6 is 22.9 Å². The molecule has 1 aliphatic rings. The third kappa shape index (κ3) is 5.98. The summed E-state index contributed by atoms with van der Waals surface area (Å²) >= 11 is 7.45. The summed E-state index contributed by atoms with van der Waals surface area (Å²) in [7, 11) is 0. The van der Waals surface area contributed by atoms with Crippen molar-refractivity contribution >= 4 is 52.0 Å². The third-order valence-electron chi connectivity index (χ3n) is 5.29. The lowest BCUT2D eigenvalue weighted by Crippen LogP contribution is -2.50. The first kappa shape index (κ1) is 23.0. The van der Waals surface area contributed by atoms with Gasteiger partial charge in [0, 0.05) is 37.4 Å². The van der Waals surface area contributed by atoms with E-state index in [2.05, 4.69) is 10.6 Å². The van der Waals surface area contributed by atoms with Crippen molar-refractivity contribution in [1.82, 2.24) is 9.80 Å². The Bertz CT molecular complexity index is 1140. The number of anilines is 2.